The van der Waals surface area contributed by atoms with Crippen molar-refractivity contribution in [2.45, 2.75) is 25.6 Å². The van der Waals surface area contributed by atoms with Crippen molar-refractivity contribution in [1.29, 1.82) is 0 Å². The van der Waals surface area contributed by atoms with Crippen LogP contribution in [0, 0.1) is 5.92 Å². The molecule has 0 aromatic carbocycles. The number of hydrogen-bond donors (Lipinski definition) is 0. The molecule has 0 radical (unpaired) electrons. The second kappa shape index (κ2) is 2.74. The molecule has 0 amide bonds. The van der Waals surface area contributed by atoms with E-state index in [0.29, 0.717) is 0 Å². The zero-order valence-electron chi connectivity index (χ0n) is 5.01. The summed E-state index contributed by atoms with van der Waals surface area (Å²) in [5.74, 6) is 0.00597. The Hall–Kier alpha value is -0.690. The van der Waals surface area contributed by atoms with Gasteiger partial charge in [0, 0.05) is 5.92 Å². The molecule has 0 aromatic rings. The number of hydrogen-bond acceptors (Lipinski definition) is 2. The third-order valence-electron chi connectivity index (χ3n) is 1.71. The summed E-state index contributed by atoms with van der Waals surface area (Å²) < 4.78 is 12.4. The van der Waals surface area contributed by atoms with Crippen LogP contribution in [0.25, 0.3) is 0 Å². The highest BCUT2D eigenvalue weighted by Gasteiger charge is 2.26. The molecule has 1 rings (SSSR count). The van der Waals surface area contributed by atoms with E-state index in [4.69, 9.17) is 0 Å². The second-order valence-corrected chi connectivity index (χ2v) is 2.28. The SMILES string of the molecule is O=C=NC(F)C1CCC1. The van der Waals surface area contributed by atoms with E-state index < -0.39 is 6.30 Å². The first-order chi connectivity index (χ1) is 4.34. The van der Waals surface area contributed by atoms with E-state index in [2.05, 4.69) is 4.99 Å². The minimum atomic E-state index is -1.28. The maximum absolute atomic E-state index is 12.4. The average molecular weight is 129 g/mol. The minimum absolute atomic E-state index is 0.00597. The second-order valence-electron chi connectivity index (χ2n) is 2.28. The van der Waals surface area contributed by atoms with E-state index in [9.17, 15) is 9.18 Å². The average Bonchev–Trinajstić information content (AvgIpc) is 1.60. The summed E-state index contributed by atoms with van der Waals surface area (Å²) >= 11 is 0. The number of nitrogens with zero attached hydrogens (tertiary/aromatic N) is 1. The number of rotatable bonds is 2. The molecule has 0 heterocycles. The summed E-state index contributed by atoms with van der Waals surface area (Å²) in [5.41, 5.74) is 0. The first-order valence-electron chi connectivity index (χ1n) is 3.05. The summed E-state index contributed by atoms with van der Waals surface area (Å²) in [4.78, 5) is 12.5. The van der Waals surface area contributed by atoms with Gasteiger partial charge in [-0.3, -0.25) is 0 Å². The van der Waals surface area contributed by atoms with Crippen LogP contribution in [0.5, 0.6) is 0 Å². The normalized spacial score (nSPS) is 21.9. The van der Waals surface area contributed by atoms with E-state index in [1.807, 2.05) is 0 Å². The molecular weight excluding hydrogens is 121 g/mol. The van der Waals surface area contributed by atoms with Crippen LogP contribution in [0.15, 0.2) is 4.99 Å². The zero-order valence-corrected chi connectivity index (χ0v) is 5.01. The van der Waals surface area contributed by atoms with E-state index in [1.165, 1.54) is 6.08 Å². The molecule has 0 N–H and O–H groups in total. The molecule has 0 saturated heterocycles. The summed E-state index contributed by atoms with van der Waals surface area (Å²) in [6.45, 7) is 0. The molecule has 0 spiro atoms. The Balaban J connectivity index is 2.31. The summed E-state index contributed by atoms with van der Waals surface area (Å²) in [6, 6.07) is 0. The molecule has 0 bridgehead atoms. The number of aliphatic imine (C=N–C) groups is 1. The van der Waals surface area contributed by atoms with Gasteiger partial charge in [0.15, 0.2) is 0 Å². The van der Waals surface area contributed by atoms with Gasteiger partial charge in [-0.05, 0) is 12.8 Å². The van der Waals surface area contributed by atoms with Gasteiger partial charge in [-0.1, -0.05) is 6.42 Å². The first kappa shape index (κ1) is 6.43. The Morgan fingerprint density at radius 2 is 2.33 bits per heavy atom. The zero-order chi connectivity index (χ0) is 6.69. The molecule has 1 saturated carbocycles. The maximum Gasteiger partial charge on any atom is 0.237 e. The van der Waals surface area contributed by atoms with Gasteiger partial charge in [0.05, 0.1) is 0 Å². The fraction of sp³-hybridized carbons (Fsp3) is 0.833. The Morgan fingerprint density at radius 1 is 1.67 bits per heavy atom. The van der Waals surface area contributed by atoms with Crippen molar-refractivity contribution in [2.24, 2.45) is 10.9 Å². The van der Waals surface area contributed by atoms with Crippen LogP contribution in [-0.2, 0) is 4.79 Å². The molecule has 0 aliphatic heterocycles. The Bertz CT molecular complexity index is 138. The molecule has 9 heavy (non-hydrogen) atoms. The van der Waals surface area contributed by atoms with Crippen LogP contribution in [0.4, 0.5) is 4.39 Å². The monoisotopic (exact) mass is 129 g/mol. The van der Waals surface area contributed by atoms with Gasteiger partial charge in [0.2, 0.25) is 12.4 Å². The highest BCUT2D eigenvalue weighted by Crippen LogP contribution is 2.31. The number of carbonyl (C=O) groups excluding carboxylic acids is 1. The molecule has 1 fully saturated rings. The van der Waals surface area contributed by atoms with Crippen LogP contribution in [0.1, 0.15) is 19.3 Å². The highest BCUT2D eigenvalue weighted by molar-refractivity contribution is 5.33. The lowest BCUT2D eigenvalue weighted by atomic mass is 9.85. The molecule has 1 atom stereocenters. The van der Waals surface area contributed by atoms with Gasteiger partial charge in [-0.25, -0.2) is 9.18 Å². The molecule has 0 aromatic heterocycles. The van der Waals surface area contributed by atoms with Crippen molar-refractivity contribution in [3.8, 4) is 0 Å². The molecular formula is C6H8FNO. The summed E-state index contributed by atoms with van der Waals surface area (Å²) in [5, 5.41) is 0. The topological polar surface area (TPSA) is 29.4 Å². The van der Waals surface area contributed by atoms with Gasteiger partial charge in [0.1, 0.15) is 0 Å². The predicted molar refractivity (Wildman–Crippen MR) is 30.4 cm³/mol. The smallest absolute Gasteiger partial charge is 0.221 e. The number of halogens is 1. The van der Waals surface area contributed by atoms with Crippen LogP contribution in [0.3, 0.4) is 0 Å². The van der Waals surface area contributed by atoms with Gasteiger partial charge in [-0.15, -0.1) is 0 Å². The molecule has 1 unspecified atom stereocenters. The minimum Gasteiger partial charge on any atom is -0.221 e. The van der Waals surface area contributed by atoms with Crippen molar-refractivity contribution in [3.05, 3.63) is 0 Å². The Kier molecular flexibility index (Phi) is 1.96. The largest absolute Gasteiger partial charge is 0.237 e. The van der Waals surface area contributed by atoms with Crippen molar-refractivity contribution in [1.82, 2.24) is 0 Å². The summed E-state index contributed by atoms with van der Waals surface area (Å²) in [6.07, 6.45) is 2.74. The fourth-order valence-corrected chi connectivity index (χ4v) is 0.871. The predicted octanol–water partition coefficient (Wildman–Crippen LogP) is 1.42. The number of alkyl halides is 1. The van der Waals surface area contributed by atoms with Crippen LogP contribution in [-0.4, -0.2) is 12.4 Å². The lowest BCUT2D eigenvalue weighted by Gasteiger charge is -2.24. The fourth-order valence-electron chi connectivity index (χ4n) is 0.871. The van der Waals surface area contributed by atoms with Crippen molar-refractivity contribution < 1.29 is 9.18 Å². The Labute approximate surface area is 52.8 Å². The van der Waals surface area contributed by atoms with Gasteiger partial charge in [-0.2, -0.15) is 4.99 Å². The standard InChI is InChI=1S/C6H8FNO/c7-6(8-4-9)5-2-1-3-5/h5-6H,1-3H2. The third-order valence-corrected chi connectivity index (χ3v) is 1.71. The van der Waals surface area contributed by atoms with Crippen LogP contribution in [0.2, 0.25) is 0 Å². The first-order valence-corrected chi connectivity index (χ1v) is 3.05. The van der Waals surface area contributed by atoms with E-state index in [-0.39, 0.29) is 5.92 Å². The van der Waals surface area contributed by atoms with Gasteiger partial charge >= 0.3 is 0 Å². The van der Waals surface area contributed by atoms with E-state index in [1.54, 1.807) is 0 Å². The van der Waals surface area contributed by atoms with E-state index >= 15 is 0 Å². The summed E-state index contributed by atoms with van der Waals surface area (Å²) in [7, 11) is 0. The van der Waals surface area contributed by atoms with Crippen molar-refractivity contribution in [2.75, 3.05) is 0 Å². The van der Waals surface area contributed by atoms with Crippen molar-refractivity contribution in [3.63, 3.8) is 0 Å². The third kappa shape index (κ3) is 1.36. The molecule has 50 valence electrons. The quantitative estimate of drug-likeness (QED) is 0.315. The van der Waals surface area contributed by atoms with E-state index in [0.717, 1.165) is 19.3 Å². The van der Waals surface area contributed by atoms with Crippen molar-refractivity contribution >= 4 is 6.08 Å². The molecule has 3 heteroatoms. The Morgan fingerprint density at radius 3 is 2.67 bits per heavy atom. The highest BCUT2D eigenvalue weighted by atomic mass is 19.1. The van der Waals surface area contributed by atoms with Gasteiger partial charge < -0.3 is 0 Å². The van der Waals surface area contributed by atoms with Crippen LogP contribution < -0.4 is 0 Å². The lowest BCUT2D eigenvalue weighted by molar-refractivity contribution is 0.156. The maximum atomic E-state index is 12.4. The molecule has 1 aliphatic rings. The molecule has 1 aliphatic carbocycles. The van der Waals surface area contributed by atoms with Gasteiger partial charge in [0.25, 0.3) is 0 Å². The lowest BCUT2D eigenvalue weighted by Crippen LogP contribution is -2.21. The molecule has 2 nitrogen and oxygen atoms in total. The van der Waals surface area contributed by atoms with Crippen LogP contribution >= 0.6 is 0 Å². The number of isocyanates is 1.